The van der Waals surface area contributed by atoms with Gasteiger partial charge < -0.3 is 24.8 Å². The summed E-state index contributed by atoms with van der Waals surface area (Å²) in [6, 6.07) is 16.1. The topological polar surface area (TPSA) is 105 Å². The number of rotatable bonds is 8. The zero-order valence-corrected chi connectivity index (χ0v) is 19.7. The smallest absolute Gasteiger partial charge is 0.408 e. The molecule has 8 nitrogen and oxygen atoms in total. The van der Waals surface area contributed by atoms with E-state index in [9.17, 15) is 19.5 Å². The predicted octanol–water partition coefficient (Wildman–Crippen LogP) is 3.25. The number of amides is 2. The summed E-state index contributed by atoms with van der Waals surface area (Å²) in [7, 11) is 1.44. The Balaban J connectivity index is 1.43. The monoisotopic (exact) mass is 466 g/mol. The number of alkyl carbamates (subject to hydrolysis) is 1. The fourth-order valence-corrected chi connectivity index (χ4v) is 4.99. The van der Waals surface area contributed by atoms with Gasteiger partial charge in [0.2, 0.25) is 0 Å². The number of aliphatic carboxylic acids is 1. The Bertz CT molecular complexity index is 1060. The highest BCUT2D eigenvalue weighted by Gasteiger charge is 2.53. The molecule has 1 aliphatic carbocycles. The molecule has 2 aromatic carbocycles. The second-order valence-corrected chi connectivity index (χ2v) is 9.32. The average molecular weight is 467 g/mol. The van der Waals surface area contributed by atoms with Gasteiger partial charge in [-0.05, 0) is 35.6 Å². The minimum atomic E-state index is -1.38. The van der Waals surface area contributed by atoms with Crippen LogP contribution in [0.4, 0.5) is 4.79 Å². The number of nitrogens with zero attached hydrogens (tertiary/aromatic N) is 1. The summed E-state index contributed by atoms with van der Waals surface area (Å²) >= 11 is 0. The van der Waals surface area contributed by atoms with Gasteiger partial charge in [0.05, 0.1) is 6.61 Å². The Hall–Kier alpha value is -3.39. The second-order valence-electron chi connectivity index (χ2n) is 9.32. The zero-order chi connectivity index (χ0) is 24.5. The number of carbonyl (C=O) groups excluding carboxylic acids is 2. The highest BCUT2D eigenvalue weighted by Crippen LogP contribution is 2.44. The van der Waals surface area contributed by atoms with E-state index in [0.717, 1.165) is 22.3 Å². The highest BCUT2D eigenvalue weighted by molar-refractivity contribution is 5.92. The highest BCUT2D eigenvalue weighted by atomic mass is 16.5. The average Bonchev–Trinajstić information content (AvgIpc) is 3.11. The number of methoxy groups -OCH3 is 1. The maximum absolute atomic E-state index is 13.2. The lowest BCUT2D eigenvalue weighted by atomic mass is 9.76. The number of hydrogen-bond donors (Lipinski definition) is 2. The lowest BCUT2D eigenvalue weighted by Crippen LogP contribution is -2.69. The number of carbonyl (C=O) groups is 3. The van der Waals surface area contributed by atoms with E-state index in [0.29, 0.717) is 6.42 Å². The van der Waals surface area contributed by atoms with Crippen molar-refractivity contribution in [3.05, 3.63) is 59.7 Å². The third kappa shape index (κ3) is 4.03. The van der Waals surface area contributed by atoms with Crippen molar-refractivity contribution < 1.29 is 29.0 Å². The molecule has 2 amide bonds. The van der Waals surface area contributed by atoms with Crippen molar-refractivity contribution in [1.29, 1.82) is 0 Å². The molecule has 1 aliphatic heterocycles. The van der Waals surface area contributed by atoms with E-state index in [1.165, 1.54) is 12.0 Å². The van der Waals surface area contributed by atoms with Crippen molar-refractivity contribution >= 4 is 18.0 Å². The summed E-state index contributed by atoms with van der Waals surface area (Å²) in [5.41, 5.74) is 2.13. The number of likely N-dealkylation sites (tertiary alicyclic amines) is 1. The molecule has 180 valence electrons. The lowest BCUT2D eigenvalue weighted by Gasteiger charge is -2.49. The van der Waals surface area contributed by atoms with Crippen LogP contribution in [0.15, 0.2) is 48.5 Å². The molecule has 34 heavy (non-hydrogen) atoms. The Morgan fingerprint density at radius 1 is 1.09 bits per heavy atom. The summed E-state index contributed by atoms with van der Waals surface area (Å²) in [6.45, 7) is 3.61. The Morgan fingerprint density at radius 2 is 1.65 bits per heavy atom. The zero-order valence-electron chi connectivity index (χ0n) is 19.7. The van der Waals surface area contributed by atoms with Crippen molar-refractivity contribution in [3.8, 4) is 11.1 Å². The van der Waals surface area contributed by atoms with Gasteiger partial charge in [0.25, 0.3) is 5.91 Å². The van der Waals surface area contributed by atoms with Gasteiger partial charge in [-0.2, -0.15) is 0 Å². The van der Waals surface area contributed by atoms with Gasteiger partial charge in [0, 0.05) is 26.1 Å². The molecule has 1 heterocycles. The molecule has 1 atom stereocenters. The van der Waals surface area contributed by atoms with Crippen LogP contribution in [-0.2, 0) is 19.1 Å². The van der Waals surface area contributed by atoms with Crippen LogP contribution in [0, 0.1) is 5.41 Å². The summed E-state index contributed by atoms with van der Waals surface area (Å²) in [5.74, 6) is -1.41. The van der Waals surface area contributed by atoms with Crippen molar-refractivity contribution in [2.24, 2.45) is 5.41 Å². The molecule has 2 aliphatic rings. The third-order valence-corrected chi connectivity index (χ3v) is 7.03. The molecule has 4 rings (SSSR count). The Morgan fingerprint density at radius 3 is 2.15 bits per heavy atom. The maximum atomic E-state index is 13.2. The molecule has 1 fully saturated rings. The van der Waals surface area contributed by atoms with Crippen LogP contribution in [0.5, 0.6) is 0 Å². The van der Waals surface area contributed by atoms with Gasteiger partial charge in [-0.3, -0.25) is 9.59 Å². The number of nitrogens with one attached hydrogen (secondary N) is 1. The first-order valence-corrected chi connectivity index (χ1v) is 11.4. The van der Waals surface area contributed by atoms with Crippen LogP contribution in [-0.4, -0.2) is 66.9 Å². The molecule has 1 saturated heterocycles. The number of hydrogen-bond acceptors (Lipinski definition) is 5. The normalized spacial score (nSPS) is 17.7. The van der Waals surface area contributed by atoms with E-state index in [-0.39, 0.29) is 32.2 Å². The van der Waals surface area contributed by atoms with E-state index in [1.54, 1.807) is 13.8 Å². The molecule has 0 aromatic heterocycles. The quantitative estimate of drug-likeness (QED) is 0.619. The van der Waals surface area contributed by atoms with Crippen molar-refractivity contribution in [2.45, 2.75) is 31.7 Å². The minimum Gasteiger partial charge on any atom is -0.481 e. The number of carboxylic acid groups (broad SMARTS) is 1. The molecule has 8 heteroatoms. The molecular weight excluding hydrogens is 436 g/mol. The molecule has 0 spiro atoms. The van der Waals surface area contributed by atoms with Crippen LogP contribution in [0.1, 0.15) is 37.3 Å². The van der Waals surface area contributed by atoms with Crippen LogP contribution in [0.3, 0.4) is 0 Å². The first kappa shape index (κ1) is 23.8. The lowest BCUT2D eigenvalue weighted by molar-refractivity contribution is -0.169. The molecule has 2 N–H and O–H groups in total. The SMILES string of the molecule is CCC1(C(=O)O)CN(C(=O)C(C)(COC)NC(=O)OCC2c3ccccc3-c3ccccc32)C1. The second kappa shape index (κ2) is 9.10. The first-order chi connectivity index (χ1) is 16.2. The van der Waals surface area contributed by atoms with Crippen LogP contribution in [0.25, 0.3) is 11.1 Å². The fraction of sp³-hybridized carbons (Fsp3) is 0.423. The maximum Gasteiger partial charge on any atom is 0.408 e. The number of ether oxygens (including phenoxy) is 2. The van der Waals surface area contributed by atoms with Gasteiger partial charge in [-0.1, -0.05) is 55.5 Å². The summed E-state index contributed by atoms with van der Waals surface area (Å²) < 4.78 is 10.8. The van der Waals surface area contributed by atoms with Gasteiger partial charge in [0.15, 0.2) is 0 Å². The molecule has 0 radical (unpaired) electrons. The van der Waals surface area contributed by atoms with Gasteiger partial charge in [0.1, 0.15) is 17.6 Å². The van der Waals surface area contributed by atoms with E-state index >= 15 is 0 Å². The number of carboxylic acids is 1. The Kier molecular flexibility index (Phi) is 6.36. The first-order valence-electron chi connectivity index (χ1n) is 11.4. The van der Waals surface area contributed by atoms with Crippen LogP contribution >= 0.6 is 0 Å². The molecule has 2 aromatic rings. The largest absolute Gasteiger partial charge is 0.481 e. The summed E-state index contributed by atoms with van der Waals surface area (Å²) in [4.78, 5) is 39.0. The Labute approximate surface area is 198 Å². The van der Waals surface area contributed by atoms with Crippen molar-refractivity contribution in [1.82, 2.24) is 10.2 Å². The van der Waals surface area contributed by atoms with Crippen molar-refractivity contribution in [3.63, 3.8) is 0 Å². The summed E-state index contributed by atoms with van der Waals surface area (Å²) in [6.07, 6.45) is -0.303. The number of fused-ring (bicyclic) bond motifs is 3. The van der Waals surface area contributed by atoms with Crippen molar-refractivity contribution in [2.75, 3.05) is 33.4 Å². The van der Waals surface area contributed by atoms with Gasteiger partial charge >= 0.3 is 12.1 Å². The molecule has 0 saturated carbocycles. The van der Waals surface area contributed by atoms with Crippen LogP contribution < -0.4 is 5.32 Å². The molecular formula is C26H30N2O6. The summed E-state index contributed by atoms with van der Waals surface area (Å²) in [5, 5.41) is 12.2. The van der Waals surface area contributed by atoms with E-state index in [1.807, 2.05) is 36.4 Å². The van der Waals surface area contributed by atoms with E-state index in [4.69, 9.17) is 9.47 Å². The molecule has 1 unspecified atom stereocenters. The van der Waals surface area contributed by atoms with Gasteiger partial charge in [-0.25, -0.2) is 4.79 Å². The molecule has 0 bridgehead atoms. The minimum absolute atomic E-state index is 0.0707. The van der Waals surface area contributed by atoms with Crippen LogP contribution in [0.2, 0.25) is 0 Å². The fourth-order valence-electron chi connectivity index (χ4n) is 4.99. The third-order valence-electron chi connectivity index (χ3n) is 7.03. The number of benzene rings is 2. The van der Waals surface area contributed by atoms with E-state index in [2.05, 4.69) is 17.4 Å². The predicted molar refractivity (Wildman–Crippen MR) is 125 cm³/mol. The standard InChI is InChI=1S/C26H30N2O6/c1-4-26(23(30)31)14-28(15-26)22(29)25(2,16-33-3)27-24(32)34-13-21-19-11-7-5-9-17(19)18-10-6-8-12-20(18)21/h5-12,21H,4,13-16H2,1-3H3,(H,27,32)(H,30,31). The van der Waals surface area contributed by atoms with Gasteiger partial charge in [-0.15, -0.1) is 0 Å². The van der Waals surface area contributed by atoms with E-state index < -0.39 is 28.9 Å².